The maximum absolute atomic E-state index is 13.2. The highest BCUT2D eigenvalue weighted by Gasteiger charge is 2.38. The Balaban J connectivity index is 2.15. The van der Waals surface area contributed by atoms with Crippen LogP contribution in [0.2, 0.25) is 0 Å². The lowest BCUT2D eigenvalue weighted by Gasteiger charge is -2.18. The lowest BCUT2D eigenvalue weighted by Crippen LogP contribution is -2.26. The summed E-state index contributed by atoms with van der Waals surface area (Å²) in [7, 11) is 0. The molecule has 1 aliphatic heterocycles. The highest BCUT2D eigenvalue weighted by Crippen LogP contribution is 2.30. The van der Waals surface area contributed by atoms with E-state index in [1.54, 1.807) is 6.07 Å². The maximum atomic E-state index is 13.2. The van der Waals surface area contributed by atoms with Gasteiger partial charge in [-0.3, -0.25) is 0 Å². The van der Waals surface area contributed by atoms with E-state index in [-0.39, 0.29) is 25.5 Å². The predicted octanol–water partition coefficient (Wildman–Crippen LogP) is 1.73. The van der Waals surface area contributed by atoms with Crippen molar-refractivity contribution in [1.29, 1.82) is 0 Å². The van der Waals surface area contributed by atoms with E-state index in [1.165, 1.54) is 4.90 Å². The number of alkyl halides is 2. The van der Waals surface area contributed by atoms with Gasteiger partial charge in [0.25, 0.3) is 5.92 Å². The third kappa shape index (κ3) is 2.96. The Morgan fingerprint density at radius 3 is 2.89 bits per heavy atom. The number of hydrogen-bond acceptors (Lipinski definition) is 5. The number of aromatic nitrogens is 2. The van der Waals surface area contributed by atoms with Gasteiger partial charge in [-0.2, -0.15) is 9.97 Å². The van der Waals surface area contributed by atoms with Gasteiger partial charge in [0.1, 0.15) is 11.6 Å². The van der Waals surface area contributed by atoms with Crippen LogP contribution in [0.15, 0.2) is 6.07 Å². The summed E-state index contributed by atoms with van der Waals surface area (Å²) in [5.41, 5.74) is 5.59. The van der Waals surface area contributed by atoms with Crippen LogP contribution in [0.4, 0.5) is 26.4 Å². The summed E-state index contributed by atoms with van der Waals surface area (Å²) in [6, 6.07) is 1.66. The van der Waals surface area contributed by atoms with Gasteiger partial charge < -0.3 is 16.0 Å². The van der Waals surface area contributed by atoms with E-state index < -0.39 is 5.92 Å². The molecule has 0 radical (unpaired) electrons. The molecule has 0 aliphatic carbocycles. The Morgan fingerprint density at radius 2 is 2.28 bits per heavy atom. The molecular weight excluding hydrogens is 240 g/mol. The van der Waals surface area contributed by atoms with Gasteiger partial charge in [-0.05, 0) is 6.42 Å². The number of nitrogens with zero attached hydrogens (tertiary/aromatic N) is 3. The molecule has 0 spiro atoms. The van der Waals surface area contributed by atoms with Crippen LogP contribution < -0.4 is 16.0 Å². The molecular formula is C11H17F2N5. The molecule has 1 aliphatic rings. The van der Waals surface area contributed by atoms with Crippen LogP contribution >= 0.6 is 0 Å². The van der Waals surface area contributed by atoms with Crippen molar-refractivity contribution in [3.05, 3.63) is 6.07 Å². The molecule has 100 valence electrons. The third-order valence-corrected chi connectivity index (χ3v) is 2.78. The van der Waals surface area contributed by atoms with Crippen molar-refractivity contribution in [1.82, 2.24) is 9.97 Å². The van der Waals surface area contributed by atoms with Gasteiger partial charge >= 0.3 is 0 Å². The third-order valence-electron chi connectivity index (χ3n) is 2.78. The van der Waals surface area contributed by atoms with Crippen LogP contribution in [0, 0.1) is 0 Å². The Hall–Kier alpha value is -1.66. The Morgan fingerprint density at radius 1 is 1.50 bits per heavy atom. The van der Waals surface area contributed by atoms with E-state index in [1.807, 2.05) is 6.92 Å². The van der Waals surface area contributed by atoms with Crippen molar-refractivity contribution < 1.29 is 8.78 Å². The highest BCUT2D eigenvalue weighted by molar-refractivity contribution is 5.53. The number of anilines is 3. The fourth-order valence-corrected chi connectivity index (χ4v) is 1.89. The smallest absolute Gasteiger partial charge is 0.266 e. The van der Waals surface area contributed by atoms with E-state index in [9.17, 15) is 8.78 Å². The SMILES string of the molecule is CCCNc1cc(N2CCC(F)(F)C2)nc(N)n1. The van der Waals surface area contributed by atoms with E-state index in [0.717, 1.165) is 13.0 Å². The fraction of sp³-hybridized carbons (Fsp3) is 0.636. The molecule has 2 heterocycles. The van der Waals surface area contributed by atoms with Crippen LogP contribution in [0.3, 0.4) is 0 Å². The van der Waals surface area contributed by atoms with Gasteiger partial charge in [0.05, 0.1) is 6.54 Å². The van der Waals surface area contributed by atoms with Crippen molar-refractivity contribution in [2.45, 2.75) is 25.7 Å². The number of nitrogens with one attached hydrogen (secondary N) is 1. The largest absolute Gasteiger partial charge is 0.370 e. The van der Waals surface area contributed by atoms with Crippen LogP contribution in [0.25, 0.3) is 0 Å². The molecule has 1 aromatic heterocycles. The number of nitrogen functional groups attached to an aromatic ring is 1. The molecule has 0 amide bonds. The molecule has 1 saturated heterocycles. The first-order chi connectivity index (χ1) is 8.50. The molecule has 0 atom stereocenters. The summed E-state index contributed by atoms with van der Waals surface area (Å²) >= 11 is 0. The van der Waals surface area contributed by atoms with Crippen LogP contribution in [-0.4, -0.2) is 35.5 Å². The first-order valence-electron chi connectivity index (χ1n) is 6.01. The predicted molar refractivity (Wildman–Crippen MR) is 67.0 cm³/mol. The quantitative estimate of drug-likeness (QED) is 0.859. The monoisotopic (exact) mass is 257 g/mol. The van der Waals surface area contributed by atoms with Gasteiger partial charge in [-0.15, -0.1) is 0 Å². The first-order valence-corrected chi connectivity index (χ1v) is 6.01. The molecule has 2 rings (SSSR count). The van der Waals surface area contributed by atoms with Crippen molar-refractivity contribution in [3.8, 4) is 0 Å². The zero-order valence-corrected chi connectivity index (χ0v) is 10.3. The first kappa shape index (κ1) is 12.8. The van der Waals surface area contributed by atoms with E-state index in [4.69, 9.17) is 5.73 Å². The normalized spacial score (nSPS) is 18.1. The van der Waals surface area contributed by atoms with Crippen molar-refractivity contribution in [2.75, 3.05) is 35.6 Å². The van der Waals surface area contributed by atoms with Gasteiger partial charge in [-0.1, -0.05) is 6.92 Å². The minimum Gasteiger partial charge on any atom is -0.370 e. The summed E-state index contributed by atoms with van der Waals surface area (Å²) in [4.78, 5) is 9.57. The summed E-state index contributed by atoms with van der Waals surface area (Å²) in [6.07, 6.45) is 0.801. The zero-order chi connectivity index (χ0) is 13.2. The number of nitrogens with two attached hydrogens (primary N) is 1. The number of rotatable bonds is 4. The van der Waals surface area contributed by atoms with Crippen LogP contribution in [-0.2, 0) is 0 Å². The van der Waals surface area contributed by atoms with E-state index in [0.29, 0.717) is 11.6 Å². The van der Waals surface area contributed by atoms with Gasteiger partial charge in [0, 0.05) is 25.6 Å². The van der Waals surface area contributed by atoms with Crippen molar-refractivity contribution >= 4 is 17.6 Å². The molecule has 0 aromatic carbocycles. The number of hydrogen-bond donors (Lipinski definition) is 2. The molecule has 18 heavy (non-hydrogen) atoms. The summed E-state index contributed by atoms with van der Waals surface area (Å²) < 4.78 is 26.3. The Bertz CT molecular complexity index is 424. The molecule has 0 saturated carbocycles. The van der Waals surface area contributed by atoms with Crippen LogP contribution in [0.5, 0.6) is 0 Å². The maximum Gasteiger partial charge on any atom is 0.266 e. The standard InChI is InChI=1S/C11H17F2N5/c1-2-4-15-8-6-9(17-10(14)16-8)18-5-3-11(12,13)7-18/h6H,2-5,7H2,1H3,(H3,14,15,16,17). The van der Waals surface area contributed by atoms with Crippen molar-refractivity contribution in [3.63, 3.8) is 0 Å². The number of halogens is 2. The van der Waals surface area contributed by atoms with Gasteiger partial charge in [0.2, 0.25) is 5.95 Å². The molecule has 5 nitrogen and oxygen atoms in total. The lowest BCUT2D eigenvalue weighted by atomic mass is 10.3. The van der Waals surface area contributed by atoms with Gasteiger partial charge in [0.15, 0.2) is 0 Å². The lowest BCUT2D eigenvalue weighted by molar-refractivity contribution is 0.0256. The summed E-state index contributed by atoms with van der Waals surface area (Å²) in [5, 5.41) is 3.07. The van der Waals surface area contributed by atoms with E-state index in [2.05, 4.69) is 15.3 Å². The molecule has 0 unspecified atom stereocenters. The Kier molecular flexibility index (Phi) is 3.49. The Labute approximate surface area is 104 Å². The average molecular weight is 257 g/mol. The fourth-order valence-electron chi connectivity index (χ4n) is 1.89. The minimum absolute atomic E-state index is 0.0984. The van der Waals surface area contributed by atoms with Crippen molar-refractivity contribution in [2.24, 2.45) is 0 Å². The van der Waals surface area contributed by atoms with Crippen LogP contribution in [0.1, 0.15) is 19.8 Å². The summed E-state index contributed by atoms with van der Waals surface area (Å²) in [5.74, 6) is -1.51. The molecule has 0 bridgehead atoms. The zero-order valence-electron chi connectivity index (χ0n) is 10.3. The summed E-state index contributed by atoms with van der Waals surface area (Å²) in [6.45, 7) is 2.76. The second-order valence-electron chi connectivity index (χ2n) is 4.42. The van der Waals surface area contributed by atoms with E-state index >= 15 is 0 Å². The highest BCUT2D eigenvalue weighted by atomic mass is 19.3. The average Bonchev–Trinajstić information content (AvgIpc) is 2.66. The second kappa shape index (κ2) is 4.91. The second-order valence-corrected chi connectivity index (χ2v) is 4.42. The molecule has 3 N–H and O–H groups in total. The molecule has 1 aromatic rings. The topological polar surface area (TPSA) is 67.1 Å². The minimum atomic E-state index is -2.64. The molecule has 1 fully saturated rings. The van der Waals surface area contributed by atoms with Gasteiger partial charge in [-0.25, -0.2) is 8.78 Å². The molecule has 7 heteroatoms.